The van der Waals surface area contributed by atoms with Gasteiger partial charge in [0.05, 0.1) is 0 Å². The lowest BCUT2D eigenvalue weighted by atomic mass is 9.81. The standard InChI is InChI=1S/C57H45FSi2/c1-57(2)54-39-42(51-37-34-50(41-56(51)58)60(46-27-15-6-16-28-46,47-29-17-7-18-30-47)48-31-19-8-20-32-48)33-36-52(54)53-38-35-49(40-55(53)57)59(43-21-9-3-10-22-43,44-23-11-4-12-24-44)45-25-13-5-14-26-45/h3-41H,1-2H3. The Bertz CT molecular complexity index is 2740. The number of hydrogen-bond donors (Lipinski definition) is 0. The second-order valence-corrected chi connectivity index (χ2v) is 24.2. The molecular formula is C57H45FSi2. The fraction of sp³-hybridized carbons (Fsp3) is 0.0526. The summed E-state index contributed by atoms with van der Waals surface area (Å²) < 4.78 is 17.1. The van der Waals surface area contributed by atoms with Gasteiger partial charge in [-0.1, -0.05) is 238 Å². The third-order valence-electron chi connectivity index (χ3n) is 13.1. The molecule has 0 N–H and O–H groups in total. The van der Waals surface area contributed by atoms with E-state index in [1.165, 1.54) is 58.6 Å². The van der Waals surface area contributed by atoms with E-state index in [9.17, 15) is 0 Å². The third-order valence-corrected chi connectivity index (χ3v) is 22.6. The minimum atomic E-state index is -2.87. The van der Waals surface area contributed by atoms with Crippen molar-refractivity contribution in [1.82, 2.24) is 0 Å². The number of benzene rings is 9. The molecule has 1 aliphatic rings. The molecule has 0 amide bonds. The molecule has 1 aliphatic carbocycles. The summed E-state index contributed by atoms with van der Waals surface area (Å²) in [6, 6.07) is 85.3. The van der Waals surface area contributed by atoms with Crippen molar-refractivity contribution in [2.75, 3.05) is 0 Å². The third kappa shape index (κ3) is 5.91. The van der Waals surface area contributed by atoms with Crippen LogP contribution in [-0.2, 0) is 5.41 Å². The molecule has 0 heterocycles. The van der Waals surface area contributed by atoms with Gasteiger partial charge in [0.1, 0.15) is 5.82 Å². The van der Waals surface area contributed by atoms with Crippen LogP contribution in [0.4, 0.5) is 4.39 Å². The molecule has 9 aromatic rings. The van der Waals surface area contributed by atoms with Crippen LogP contribution in [0.5, 0.6) is 0 Å². The van der Waals surface area contributed by atoms with Gasteiger partial charge in [0.25, 0.3) is 0 Å². The molecule has 0 spiro atoms. The Balaban J connectivity index is 1.10. The number of halogens is 1. The number of rotatable bonds is 9. The fourth-order valence-corrected chi connectivity index (χ4v) is 19.8. The first-order chi connectivity index (χ1) is 29.4. The minimum Gasteiger partial charge on any atom is -0.206 e. The second kappa shape index (κ2) is 15.2. The van der Waals surface area contributed by atoms with Gasteiger partial charge in [-0.15, -0.1) is 0 Å². The quantitative estimate of drug-likeness (QED) is 0.101. The van der Waals surface area contributed by atoms with Crippen LogP contribution >= 0.6 is 0 Å². The first kappa shape index (κ1) is 37.6. The molecule has 0 aliphatic heterocycles. The van der Waals surface area contributed by atoms with Crippen molar-refractivity contribution < 1.29 is 4.39 Å². The normalized spacial score (nSPS) is 13.1. The molecule has 0 saturated heterocycles. The van der Waals surface area contributed by atoms with Crippen LogP contribution in [0.25, 0.3) is 22.3 Å². The Morgan fingerprint density at radius 1 is 0.300 bits per heavy atom. The molecule has 0 radical (unpaired) electrons. The Morgan fingerprint density at radius 3 is 0.950 bits per heavy atom. The van der Waals surface area contributed by atoms with E-state index in [-0.39, 0.29) is 11.2 Å². The van der Waals surface area contributed by atoms with Crippen LogP contribution < -0.4 is 41.5 Å². The highest BCUT2D eigenvalue weighted by atomic mass is 28.3. The van der Waals surface area contributed by atoms with Gasteiger partial charge in [-0.05, 0) is 81.4 Å². The molecule has 0 nitrogen and oxygen atoms in total. The molecule has 0 aromatic heterocycles. The maximum atomic E-state index is 17.1. The minimum absolute atomic E-state index is 0.202. The van der Waals surface area contributed by atoms with Crippen molar-refractivity contribution in [2.24, 2.45) is 0 Å². The molecule has 0 fully saturated rings. The number of fused-ring (bicyclic) bond motifs is 3. The molecule has 288 valence electrons. The molecule has 9 aromatic carbocycles. The van der Waals surface area contributed by atoms with E-state index in [4.69, 9.17) is 0 Å². The van der Waals surface area contributed by atoms with E-state index in [1.807, 2.05) is 12.1 Å². The zero-order chi connectivity index (χ0) is 40.7. The summed E-state index contributed by atoms with van der Waals surface area (Å²) in [5.74, 6) is -0.202. The summed E-state index contributed by atoms with van der Waals surface area (Å²) >= 11 is 0. The highest BCUT2D eigenvalue weighted by Gasteiger charge is 2.45. The summed E-state index contributed by atoms with van der Waals surface area (Å²) in [5, 5.41) is 10.1. The summed E-state index contributed by atoms with van der Waals surface area (Å²) in [6.45, 7) is 4.67. The van der Waals surface area contributed by atoms with Gasteiger partial charge in [0.15, 0.2) is 16.1 Å². The first-order valence-corrected chi connectivity index (χ1v) is 24.9. The van der Waals surface area contributed by atoms with E-state index in [1.54, 1.807) is 0 Å². The van der Waals surface area contributed by atoms with Crippen molar-refractivity contribution in [3.63, 3.8) is 0 Å². The molecular weight excluding hydrogens is 760 g/mol. The predicted molar refractivity (Wildman–Crippen MR) is 257 cm³/mol. The lowest BCUT2D eigenvalue weighted by Gasteiger charge is -2.35. The van der Waals surface area contributed by atoms with Gasteiger partial charge < -0.3 is 0 Å². The van der Waals surface area contributed by atoms with Crippen molar-refractivity contribution >= 4 is 57.6 Å². The Morgan fingerprint density at radius 2 is 0.600 bits per heavy atom. The smallest absolute Gasteiger partial charge is 0.179 e. The van der Waals surface area contributed by atoms with Gasteiger partial charge >= 0.3 is 0 Å². The van der Waals surface area contributed by atoms with Gasteiger partial charge in [0, 0.05) is 11.0 Å². The molecule has 0 bridgehead atoms. The van der Waals surface area contributed by atoms with E-state index in [0.717, 1.165) is 10.8 Å². The maximum Gasteiger partial charge on any atom is 0.179 e. The van der Waals surface area contributed by atoms with Crippen LogP contribution in [0.15, 0.2) is 237 Å². The summed E-state index contributed by atoms with van der Waals surface area (Å²) in [7, 11) is -5.59. The monoisotopic (exact) mass is 804 g/mol. The SMILES string of the molecule is CC1(C)c2cc(-c3ccc([Si](c4ccccc4)(c4ccccc4)c4ccccc4)cc3F)ccc2-c2ccc([Si](c3ccccc3)(c3ccccc3)c3ccccc3)cc21. The molecule has 0 unspecified atom stereocenters. The zero-order valence-electron chi connectivity index (χ0n) is 33.9. The Hall–Kier alpha value is -6.66. The summed E-state index contributed by atoms with van der Waals surface area (Å²) in [4.78, 5) is 0. The summed E-state index contributed by atoms with van der Waals surface area (Å²) in [5.41, 5.74) is 6.21. The van der Waals surface area contributed by atoms with Crippen LogP contribution in [0.3, 0.4) is 0 Å². The van der Waals surface area contributed by atoms with Crippen LogP contribution in [0, 0.1) is 5.82 Å². The van der Waals surface area contributed by atoms with Crippen molar-refractivity contribution in [3.8, 4) is 22.3 Å². The predicted octanol–water partition coefficient (Wildman–Crippen LogP) is 8.55. The average Bonchev–Trinajstić information content (AvgIpc) is 3.54. The first-order valence-electron chi connectivity index (χ1n) is 20.9. The molecule has 3 heteroatoms. The highest BCUT2D eigenvalue weighted by molar-refractivity contribution is 7.20. The Labute approximate surface area is 355 Å². The molecule has 10 rings (SSSR count). The van der Waals surface area contributed by atoms with E-state index in [2.05, 4.69) is 238 Å². The number of hydrogen-bond acceptors (Lipinski definition) is 0. The van der Waals surface area contributed by atoms with Crippen LogP contribution in [0.2, 0.25) is 0 Å². The van der Waals surface area contributed by atoms with Crippen molar-refractivity contribution in [2.45, 2.75) is 19.3 Å². The van der Waals surface area contributed by atoms with Crippen molar-refractivity contribution in [1.29, 1.82) is 0 Å². The van der Waals surface area contributed by atoms with Gasteiger partial charge in [-0.2, -0.15) is 0 Å². The molecule has 0 saturated carbocycles. The maximum absolute atomic E-state index is 17.1. The van der Waals surface area contributed by atoms with Gasteiger partial charge in [0.2, 0.25) is 0 Å². The van der Waals surface area contributed by atoms with E-state index in [0.29, 0.717) is 5.56 Å². The topological polar surface area (TPSA) is 0 Å². The Kier molecular flexibility index (Phi) is 9.51. The average molecular weight is 805 g/mol. The van der Waals surface area contributed by atoms with E-state index < -0.39 is 16.1 Å². The van der Waals surface area contributed by atoms with E-state index >= 15 is 4.39 Å². The van der Waals surface area contributed by atoms with Crippen LogP contribution in [0.1, 0.15) is 25.0 Å². The lowest BCUT2D eigenvalue weighted by Crippen LogP contribution is -2.74. The molecule has 60 heavy (non-hydrogen) atoms. The second-order valence-electron chi connectivity index (χ2n) is 16.5. The van der Waals surface area contributed by atoms with Gasteiger partial charge in [-0.3, -0.25) is 0 Å². The zero-order valence-corrected chi connectivity index (χ0v) is 35.9. The largest absolute Gasteiger partial charge is 0.206 e. The lowest BCUT2D eigenvalue weighted by molar-refractivity contribution is 0.632. The van der Waals surface area contributed by atoms with Crippen LogP contribution in [-0.4, -0.2) is 16.1 Å². The van der Waals surface area contributed by atoms with Crippen molar-refractivity contribution in [3.05, 3.63) is 254 Å². The highest BCUT2D eigenvalue weighted by Crippen LogP contribution is 2.49. The molecule has 0 atom stereocenters. The summed E-state index contributed by atoms with van der Waals surface area (Å²) in [6.07, 6.45) is 0. The fourth-order valence-electron chi connectivity index (χ4n) is 10.2. The van der Waals surface area contributed by atoms with Gasteiger partial charge in [-0.25, -0.2) is 4.39 Å².